The Morgan fingerprint density at radius 1 is 1.40 bits per heavy atom. The number of carbonyl (C=O) groups is 1. The van der Waals surface area contributed by atoms with E-state index in [4.69, 9.17) is 0 Å². The fourth-order valence-corrected chi connectivity index (χ4v) is 2.60. The van der Waals surface area contributed by atoms with Gasteiger partial charge < -0.3 is 0 Å². The number of hydrogen-bond acceptors (Lipinski definition) is 3. The van der Waals surface area contributed by atoms with Crippen molar-refractivity contribution in [2.75, 3.05) is 5.75 Å². The summed E-state index contributed by atoms with van der Waals surface area (Å²) in [7, 11) is 0. The predicted molar refractivity (Wildman–Crippen MR) is 59.7 cm³/mol. The summed E-state index contributed by atoms with van der Waals surface area (Å²) in [4.78, 5) is 11.2. The van der Waals surface area contributed by atoms with Crippen molar-refractivity contribution in [1.29, 1.82) is 0 Å². The van der Waals surface area contributed by atoms with Gasteiger partial charge in [-0.25, -0.2) is 5.06 Å². The van der Waals surface area contributed by atoms with Crippen LogP contribution in [0.3, 0.4) is 0 Å². The first-order valence-corrected chi connectivity index (χ1v) is 5.84. The van der Waals surface area contributed by atoms with Gasteiger partial charge >= 0.3 is 0 Å². The number of nitrogens with zero attached hydrogens (tertiary/aromatic N) is 1. The Labute approximate surface area is 93.0 Å². The highest BCUT2D eigenvalue weighted by Crippen LogP contribution is 2.37. The molecule has 80 valence electrons. The number of benzene rings is 1. The standard InChI is InChI=1S/C11H13NO2S/c1-7-3-4-9(5-8(7)2)11-12(14)10(13)6-15-11/h3-5,11,14H,6H2,1-2H3. The molecule has 1 unspecified atom stereocenters. The lowest BCUT2D eigenvalue weighted by molar-refractivity contribution is -0.162. The van der Waals surface area contributed by atoms with Gasteiger partial charge in [0.25, 0.3) is 5.91 Å². The number of rotatable bonds is 1. The molecule has 1 amide bonds. The Kier molecular flexibility index (Phi) is 2.71. The van der Waals surface area contributed by atoms with Crippen LogP contribution in [0.2, 0.25) is 0 Å². The van der Waals surface area contributed by atoms with Gasteiger partial charge in [0.05, 0.1) is 5.75 Å². The SMILES string of the molecule is Cc1ccc(C2SCC(=O)N2O)cc1C. The third-order valence-electron chi connectivity index (χ3n) is 2.66. The summed E-state index contributed by atoms with van der Waals surface area (Å²) in [5.74, 6) is 0.136. The molecule has 4 heteroatoms. The molecule has 1 N–H and O–H groups in total. The van der Waals surface area contributed by atoms with E-state index in [1.165, 1.54) is 22.9 Å². The molecule has 0 aromatic heterocycles. The van der Waals surface area contributed by atoms with Crippen LogP contribution in [0.5, 0.6) is 0 Å². The molecule has 1 saturated heterocycles. The fourth-order valence-electron chi connectivity index (χ4n) is 1.57. The zero-order valence-electron chi connectivity index (χ0n) is 8.73. The second-order valence-electron chi connectivity index (χ2n) is 3.75. The number of carbonyl (C=O) groups excluding carboxylic acids is 1. The van der Waals surface area contributed by atoms with Crippen LogP contribution in [0.4, 0.5) is 0 Å². The normalized spacial score (nSPS) is 21.1. The lowest BCUT2D eigenvalue weighted by Gasteiger charge is -2.17. The molecule has 15 heavy (non-hydrogen) atoms. The van der Waals surface area contributed by atoms with E-state index in [2.05, 4.69) is 0 Å². The van der Waals surface area contributed by atoms with Crippen molar-refractivity contribution in [3.05, 3.63) is 34.9 Å². The van der Waals surface area contributed by atoms with Crippen LogP contribution in [0, 0.1) is 13.8 Å². The number of hydroxylamine groups is 2. The lowest BCUT2D eigenvalue weighted by Crippen LogP contribution is -2.23. The summed E-state index contributed by atoms with van der Waals surface area (Å²) < 4.78 is 0. The van der Waals surface area contributed by atoms with E-state index in [1.807, 2.05) is 32.0 Å². The Bertz CT molecular complexity index is 406. The molecule has 0 spiro atoms. The zero-order valence-corrected chi connectivity index (χ0v) is 9.54. The number of aryl methyl sites for hydroxylation is 2. The van der Waals surface area contributed by atoms with Crippen molar-refractivity contribution in [3.8, 4) is 0 Å². The predicted octanol–water partition coefficient (Wildman–Crippen LogP) is 2.27. The third kappa shape index (κ3) is 1.87. The second-order valence-corrected chi connectivity index (χ2v) is 4.81. The maximum absolute atomic E-state index is 11.2. The highest BCUT2D eigenvalue weighted by Gasteiger charge is 2.31. The molecule has 0 bridgehead atoms. The van der Waals surface area contributed by atoms with Crippen LogP contribution in [0.25, 0.3) is 0 Å². The van der Waals surface area contributed by atoms with Crippen molar-refractivity contribution in [2.24, 2.45) is 0 Å². The first kappa shape index (κ1) is 10.5. The summed E-state index contributed by atoms with van der Waals surface area (Å²) in [6.07, 6.45) is 0. The Morgan fingerprint density at radius 3 is 2.67 bits per heavy atom. The largest absolute Gasteiger partial charge is 0.284 e. The van der Waals surface area contributed by atoms with Crippen LogP contribution in [0.15, 0.2) is 18.2 Å². The van der Waals surface area contributed by atoms with Crippen molar-refractivity contribution >= 4 is 17.7 Å². The van der Waals surface area contributed by atoms with Gasteiger partial charge in [0.15, 0.2) is 0 Å². The van der Waals surface area contributed by atoms with Gasteiger partial charge in [-0.1, -0.05) is 18.2 Å². The lowest BCUT2D eigenvalue weighted by atomic mass is 10.1. The minimum Gasteiger partial charge on any atom is -0.284 e. The maximum atomic E-state index is 11.2. The fraction of sp³-hybridized carbons (Fsp3) is 0.364. The molecule has 1 aliphatic heterocycles. The first-order valence-electron chi connectivity index (χ1n) is 4.79. The van der Waals surface area contributed by atoms with E-state index in [1.54, 1.807) is 0 Å². The molecule has 0 saturated carbocycles. The Balaban J connectivity index is 2.30. The van der Waals surface area contributed by atoms with Gasteiger partial charge in [-0.05, 0) is 30.5 Å². The topological polar surface area (TPSA) is 40.5 Å². The van der Waals surface area contributed by atoms with E-state index in [0.717, 1.165) is 10.6 Å². The maximum Gasteiger partial charge on any atom is 0.257 e. The summed E-state index contributed by atoms with van der Waals surface area (Å²) in [5, 5.41) is 10.1. The van der Waals surface area contributed by atoms with Gasteiger partial charge in [-0.3, -0.25) is 10.0 Å². The van der Waals surface area contributed by atoms with Gasteiger partial charge in [0.2, 0.25) is 0 Å². The summed E-state index contributed by atoms with van der Waals surface area (Å²) in [5.41, 5.74) is 3.38. The Morgan fingerprint density at radius 2 is 2.13 bits per heavy atom. The molecule has 1 heterocycles. The number of amides is 1. The van der Waals surface area contributed by atoms with Crippen molar-refractivity contribution < 1.29 is 10.0 Å². The van der Waals surface area contributed by atoms with Gasteiger partial charge in [-0.15, -0.1) is 11.8 Å². The Hall–Kier alpha value is -1.00. The molecule has 3 nitrogen and oxygen atoms in total. The van der Waals surface area contributed by atoms with Crippen LogP contribution in [-0.2, 0) is 4.79 Å². The quantitative estimate of drug-likeness (QED) is 0.742. The second kappa shape index (κ2) is 3.87. The first-order chi connectivity index (χ1) is 7.09. The van der Waals surface area contributed by atoms with Crippen molar-refractivity contribution in [1.82, 2.24) is 5.06 Å². The highest BCUT2D eigenvalue weighted by molar-refractivity contribution is 8.00. The molecule has 1 fully saturated rings. The van der Waals surface area contributed by atoms with Gasteiger partial charge in [0, 0.05) is 0 Å². The summed E-state index contributed by atoms with van der Waals surface area (Å²) >= 11 is 1.45. The monoisotopic (exact) mass is 223 g/mol. The average Bonchev–Trinajstić information content (AvgIpc) is 2.53. The zero-order chi connectivity index (χ0) is 11.0. The average molecular weight is 223 g/mol. The van der Waals surface area contributed by atoms with Gasteiger partial charge in [0.1, 0.15) is 5.37 Å². The number of hydrogen-bond donors (Lipinski definition) is 1. The van der Waals surface area contributed by atoms with Crippen molar-refractivity contribution in [3.63, 3.8) is 0 Å². The van der Waals surface area contributed by atoms with Crippen LogP contribution < -0.4 is 0 Å². The minimum absolute atomic E-state index is 0.219. The molecular weight excluding hydrogens is 210 g/mol. The van der Waals surface area contributed by atoms with Crippen LogP contribution in [0.1, 0.15) is 22.1 Å². The molecule has 2 rings (SSSR count). The molecule has 0 radical (unpaired) electrons. The molecule has 1 aromatic rings. The molecular formula is C11H13NO2S. The third-order valence-corrected chi connectivity index (χ3v) is 3.86. The molecule has 1 aromatic carbocycles. The van der Waals surface area contributed by atoms with Crippen LogP contribution in [-0.4, -0.2) is 21.9 Å². The molecule has 0 aliphatic carbocycles. The smallest absolute Gasteiger partial charge is 0.257 e. The van der Waals surface area contributed by atoms with E-state index in [-0.39, 0.29) is 11.3 Å². The van der Waals surface area contributed by atoms with E-state index >= 15 is 0 Å². The minimum atomic E-state index is -0.239. The van der Waals surface area contributed by atoms with E-state index in [0.29, 0.717) is 5.75 Å². The molecule has 1 aliphatic rings. The van der Waals surface area contributed by atoms with Crippen LogP contribution >= 0.6 is 11.8 Å². The number of thioether (sulfide) groups is 1. The summed E-state index contributed by atoms with van der Waals surface area (Å²) in [6, 6.07) is 6.00. The van der Waals surface area contributed by atoms with E-state index < -0.39 is 0 Å². The summed E-state index contributed by atoms with van der Waals surface area (Å²) in [6.45, 7) is 4.07. The highest BCUT2D eigenvalue weighted by atomic mass is 32.2. The van der Waals surface area contributed by atoms with E-state index in [9.17, 15) is 10.0 Å². The van der Waals surface area contributed by atoms with Gasteiger partial charge in [-0.2, -0.15) is 0 Å². The van der Waals surface area contributed by atoms with Crippen molar-refractivity contribution in [2.45, 2.75) is 19.2 Å². The molecule has 1 atom stereocenters.